The molecule has 2 N–H and O–H groups in total. The van der Waals surface area contributed by atoms with Gasteiger partial charge in [-0.2, -0.15) is 13.2 Å². The van der Waals surface area contributed by atoms with Crippen molar-refractivity contribution in [2.75, 3.05) is 0 Å². The van der Waals surface area contributed by atoms with E-state index in [4.69, 9.17) is 0 Å². The third kappa shape index (κ3) is 2.69. The molecule has 142 valence electrons. The lowest BCUT2D eigenvalue weighted by atomic mass is 9.96. The largest absolute Gasteiger partial charge is 0.494 e. The highest BCUT2D eigenvalue weighted by molar-refractivity contribution is 6.30. The molecule has 4 rings (SSSR count). The Hall–Kier alpha value is -3.42. The van der Waals surface area contributed by atoms with Gasteiger partial charge in [0.15, 0.2) is 5.88 Å². The molecule has 2 heterocycles. The van der Waals surface area contributed by atoms with Crippen LogP contribution in [0.5, 0.6) is 5.88 Å². The van der Waals surface area contributed by atoms with Crippen LogP contribution in [0.25, 0.3) is 11.3 Å². The number of halogens is 4. The maximum atomic E-state index is 14.3. The van der Waals surface area contributed by atoms with Gasteiger partial charge in [-0.05, 0) is 25.1 Å². The molecule has 0 radical (unpaired) electrons. The summed E-state index contributed by atoms with van der Waals surface area (Å²) in [4.78, 5) is 18.7. The molecule has 1 aliphatic heterocycles. The number of carbonyl (C=O) groups is 1. The van der Waals surface area contributed by atoms with Crippen molar-refractivity contribution in [3.8, 4) is 17.1 Å². The molecule has 0 bridgehead atoms. The van der Waals surface area contributed by atoms with Crippen LogP contribution in [0.4, 0.5) is 17.6 Å². The lowest BCUT2D eigenvalue weighted by Crippen LogP contribution is -2.13. The van der Waals surface area contributed by atoms with Crippen LogP contribution in [0.1, 0.15) is 32.6 Å². The van der Waals surface area contributed by atoms with E-state index in [9.17, 15) is 27.5 Å². The maximum absolute atomic E-state index is 14.3. The van der Waals surface area contributed by atoms with Crippen LogP contribution in [0.15, 0.2) is 47.5 Å². The number of rotatable bonds is 2. The first-order valence-electron chi connectivity index (χ1n) is 8.20. The van der Waals surface area contributed by atoms with Crippen LogP contribution in [0.3, 0.4) is 0 Å². The fourth-order valence-electron chi connectivity index (χ4n) is 3.31. The van der Waals surface area contributed by atoms with Crippen LogP contribution in [0, 0.1) is 12.7 Å². The molecule has 0 atom stereocenters. The summed E-state index contributed by atoms with van der Waals surface area (Å²) in [5.41, 5.74) is -1.26. The normalized spacial score (nSPS) is 13.6. The number of aliphatic imine (C=N–C) groups is 1. The van der Waals surface area contributed by atoms with Gasteiger partial charge in [0, 0.05) is 11.1 Å². The lowest BCUT2D eigenvalue weighted by Gasteiger charge is -2.12. The molecule has 1 amide bonds. The van der Waals surface area contributed by atoms with E-state index in [0.29, 0.717) is 5.56 Å². The second-order valence-corrected chi connectivity index (χ2v) is 6.39. The Morgan fingerprint density at radius 3 is 2.46 bits per heavy atom. The quantitative estimate of drug-likeness (QED) is 0.617. The van der Waals surface area contributed by atoms with Crippen molar-refractivity contribution in [3.05, 3.63) is 76.1 Å². The van der Waals surface area contributed by atoms with Crippen molar-refractivity contribution in [2.45, 2.75) is 13.1 Å². The zero-order valence-electron chi connectivity index (χ0n) is 14.4. The molecule has 0 fully saturated rings. The fourth-order valence-corrected chi connectivity index (χ4v) is 3.31. The number of H-pyrrole nitrogens is 1. The van der Waals surface area contributed by atoms with Crippen molar-refractivity contribution in [3.63, 3.8) is 0 Å². The van der Waals surface area contributed by atoms with Crippen molar-refractivity contribution >= 4 is 11.6 Å². The van der Waals surface area contributed by atoms with Crippen molar-refractivity contribution in [2.24, 2.45) is 4.99 Å². The number of aromatic amines is 1. The van der Waals surface area contributed by atoms with Crippen molar-refractivity contribution in [1.29, 1.82) is 0 Å². The molecule has 3 aromatic rings. The number of hydrogen-bond donors (Lipinski definition) is 2. The second-order valence-electron chi connectivity index (χ2n) is 6.39. The van der Waals surface area contributed by atoms with E-state index in [-0.39, 0.29) is 33.7 Å². The molecule has 0 spiro atoms. The van der Waals surface area contributed by atoms with Gasteiger partial charge in [-0.25, -0.2) is 9.38 Å². The number of carbonyl (C=O) groups excluding carboxylic acids is 1. The van der Waals surface area contributed by atoms with Crippen LogP contribution in [-0.4, -0.2) is 21.7 Å². The molecular formula is C20H12F4N2O2. The molecule has 0 saturated heterocycles. The van der Waals surface area contributed by atoms with E-state index in [2.05, 4.69) is 9.98 Å². The minimum Gasteiger partial charge on any atom is -0.494 e. The summed E-state index contributed by atoms with van der Waals surface area (Å²) in [5, 5.41) is 10.3. The zero-order chi connectivity index (χ0) is 20.2. The summed E-state index contributed by atoms with van der Waals surface area (Å²) in [6, 6.07) is 8.83. The van der Waals surface area contributed by atoms with Gasteiger partial charge in [-0.1, -0.05) is 29.8 Å². The van der Waals surface area contributed by atoms with Crippen LogP contribution in [-0.2, 0) is 6.18 Å². The Morgan fingerprint density at radius 2 is 1.75 bits per heavy atom. The highest BCUT2D eigenvalue weighted by Gasteiger charge is 2.39. The van der Waals surface area contributed by atoms with Crippen LogP contribution < -0.4 is 0 Å². The average Bonchev–Trinajstić information content (AvgIpc) is 3.15. The summed E-state index contributed by atoms with van der Waals surface area (Å²) in [5.74, 6) is -2.05. The summed E-state index contributed by atoms with van der Waals surface area (Å²) in [6.07, 6.45) is -4.68. The highest BCUT2D eigenvalue weighted by atomic mass is 19.4. The molecule has 0 unspecified atom stereocenters. The van der Waals surface area contributed by atoms with E-state index in [0.717, 1.165) is 6.07 Å². The highest BCUT2D eigenvalue weighted by Crippen LogP contribution is 2.41. The number of aryl methyl sites for hydroxylation is 1. The van der Waals surface area contributed by atoms with E-state index in [1.54, 1.807) is 6.92 Å². The van der Waals surface area contributed by atoms with Crippen LogP contribution in [0.2, 0.25) is 0 Å². The predicted molar refractivity (Wildman–Crippen MR) is 94.0 cm³/mol. The maximum Gasteiger partial charge on any atom is 0.417 e. The number of aromatic nitrogens is 1. The van der Waals surface area contributed by atoms with Crippen molar-refractivity contribution < 1.29 is 27.5 Å². The zero-order valence-corrected chi connectivity index (χ0v) is 14.4. The van der Waals surface area contributed by atoms with Gasteiger partial charge in [0.05, 0.1) is 28.1 Å². The topological polar surface area (TPSA) is 65.4 Å². The molecule has 0 aliphatic carbocycles. The number of amides is 1. The van der Waals surface area contributed by atoms with E-state index < -0.39 is 29.3 Å². The summed E-state index contributed by atoms with van der Waals surface area (Å²) in [6.45, 7) is 1.72. The van der Waals surface area contributed by atoms with E-state index in [1.807, 2.05) is 0 Å². The first kappa shape index (κ1) is 18.0. The average molecular weight is 388 g/mol. The van der Waals surface area contributed by atoms with Gasteiger partial charge in [0.2, 0.25) is 0 Å². The minimum atomic E-state index is -4.68. The second kappa shape index (κ2) is 6.05. The Labute approximate surface area is 156 Å². The van der Waals surface area contributed by atoms with Crippen molar-refractivity contribution in [1.82, 2.24) is 4.98 Å². The summed E-state index contributed by atoms with van der Waals surface area (Å²) < 4.78 is 54.5. The van der Waals surface area contributed by atoms with Gasteiger partial charge >= 0.3 is 6.18 Å². The first-order chi connectivity index (χ1) is 13.2. The molecule has 0 saturated carbocycles. The third-order valence-corrected chi connectivity index (χ3v) is 4.52. The lowest BCUT2D eigenvalue weighted by molar-refractivity contribution is -0.137. The number of fused-ring (bicyclic) bond motifs is 1. The fraction of sp³-hybridized carbons (Fsp3) is 0.100. The molecule has 28 heavy (non-hydrogen) atoms. The first-order valence-corrected chi connectivity index (χ1v) is 8.20. The number of nitrogens with zero attached hydrogens (tertiary/aromatic N) is 1. The monoisotopic (exact) mass is 388 g/mol. The summed E-state index contributed by atoms with van der Waals surface area (Å²) >= 11 is 0. The van der Waals surface area contributed by atoms with Gasteiger partial charge in [-0.3, -0.25) is 4.79 Å². The number of benzene rings is 2. The Kier molecular flexibility index (Phi) is 3.88. The van der Waals surface area contributed by atoms with Gasteiger partial charge in [-0.15, -0.1) is 0 Å². The molecule has 4 nitrogen and oxygen atoms in total. The number of hydrogen-bond acceptors (Lipinski definition) is 2. The molecule has 1 aromatic heterocycles. The number of nitrogens with one attached hydrogen (secondary N) is 1. The Bertz CT molecular complexity index is 1160. The molecule has 8 heteroatoms. The SMILES string of the molecule is Cc1ccc(F)c(-c2[nH]c(O)c3c2C(=O)N=C3c2ccccc2C(F)(F)F)c1. The Morgan fingerprint density at radius 1 is 1.04 bits per heavy atom. The number of alkyl halides is 3. The third-order valence-electron chi connectivity index (χ3n) is 4.52. The standard InChI is InChI=1S/C20H12F4N2O2/c1-9-6-7-13(21)11(8-9)17-15-14(18(27)26-17)16(25-19(15)28)10-4-2-3-5-12(10)20(22,23)24/h2-8,26-27H,1H3. The summed E-state index contributed by atoms with van der Waals surface area (Å²) in [7, 11) is 0. The smallest absolute Gasteiger partial charge is 0.417 e. The van der Waals surface area contributed by atoms with Gasteiger partial charge < -0.3 is 10.1 Å². The van der Waals surface area contributed by atoms with Gasteiger partial charge in [0.1, 0.15) is 5.82 Å². The van der Waals surface area contributed by atoms with E-state index in [1.165, 1.54) is 36.4 Å². The van der Waals surface area contributed by atoms with Crippen LogP contribution >= 0.6 is 0 Å². The Balaban J connectivity index is 1.95. The van der Waals surface area contributed by atoms with E-state index >= 15 is 0 Å². The molecular weight excluding hydrogens is 376 g/mol. The minimum absolute atomic E-state index is 0.0189. The molecule has 2 aromatic carbocycles. The number of aromatic hydroxyl groups is 1. The molecule has 1 aliphatic rings. The predicted octanol–water partition coefficient (Wildman–Crippen LogP) is 4.84. The van der Waals surface area contributed by atoms with Gasteiger partial charge in [0.25, 0.3) is 5.91 Å².